The van der Waals surface area contributed by atoms with Gasteiger partial charge in [0.2, 0.25) is 6.79 Å². The number of ether oxygens (including phenoxy) is 2. The second-order valence-electron chi connectivity index (χ2n) is 4.80. The molecule has 0 amide bonds. The van der Waals surface area contributed by atoms with E-state index in [0.29, 0.717) is 13.2 Å². The molecule has 0 saturated carbocycles. The summed E-state index contributed by atoms with van der Waals surface area (Å²) in [5, 5.41) is 12.4. The molecule has 5 nitrogen and oxygen atoms in total. The molecule has 0 aliphatic carbocycles. The van der Waals surface area contributed by atoms with E-state index < -0.39 is 0 Å². The Labute approximate surface area is 112 Å². The van der Waals surface area contributed by atoms with Gasteiger partial charge in [-0.2, -0.15) is 5.26 Å². The van der Waals surface area contributed by atoms with Crippen LogP contribution in [-0.2, 0) is 0 Å². The van der Waals surface area contributed by atoms with Gasteiger partial charge in [0, 0.05) is 24.8 Å². The summed E-state index contributed by atoms with van der Waals surface area (Å²) in [6.07, 6.45) is 1.61. The number of nitrogens with one attached hydrogen (secondary N) is 1. The second kappa shape index (κ2) is 5.37. The van der Waals surface area contributed by atoms with Crippen LogP contribution in [0, 0.1) is 11.3 Å². The van der Waals surface area contributed by atoms with E-state index in [2.05, 4.69) is 16.3 Å². The molecular formula is C14H17N3O2. The van der Waals surface area contributed by atoms with Crippen molar-refractivity contribution in [2.45, 2.75) is 18.9 Å². The maximum Gasteiger partial charge on any atom is 0.231 e. The van der Waals surface area contributed by atoms with Crippen molar-refractivity contribution in [3.63, 3.8) is 0 Å². The number of hydrogen-bond acceptors (Lipinski definition) is 5. The minimum absolute atomic E-state index is 0.216. The van der Waals surface area contributed by atoms with Gasteiger partial charge in [-0.1, -0.05) is 0 Å². The fourth-order valence-corrected chi connectivity index (χ4v) is 2.63. The van der Waals surface area contributed by atoms with E-state index in [1.807, 2.05) is 18.2 Å². The summed E-state index contributed by atoms with van der Waals surface area (Å²) < 4.78 is 10.8. The smallest absolute Gasteiger partial charge is 0.231 e. The SMILES string of the molecule is N#CCC1CNCCCN1c1ccc2c(c1)OCO2. The van der Waals surface area contributed by atoms with Crippen LogP contribution in [-0.4, -0.2) is 32.5 Å². The molecule has 5 heteroatoms. The van der Waals surface area contributed by atoms with Crippen LogP contribution < -0.4 is 19.7 Å². The number of nitrogens with zero attached hydrogens (tertiary/aromatic N) is 2. The van der Waals surface area contributed by atoms with Crippen LogP contribution >= 0.6 is 0 Å². The van der Waals surface area contributed by atoms with E-state index in [1.165, 1.54) is 0 Å². The lowest BCUT2D eigenvalue weighted by Gasteiger charge is -2.30. The number of benzene rings is 1. The molecule has 0 aromatic heterocycles. The van der Waals surface area contributed by atoms with E-state index >= 15 is 0 Å². The predicted molar refractivity (Wildman–Crippen MR) is 71.4 cm³/mol. The lowest BCUT2D eigenvalue weighted by atomic mass is 10.1. The van der Waals surface area contributed by atoms with E-state index in [0.717, 1.165) is 43.2 Å². The van der Waals surface area contributed by atoms with Crippen LogP contribution in [0.25, 0.3) is 0 Å². The molecule has 0 radical (unpaired) electrons. The maximum atomic E-state index is 8.98. The van der Waals surface area contributed by atoms with Crippen molar-refractivity contribution in [2.75, 3.05) is 31.3 Å². The summed E-state index contributed by atoms with van der Waals surface area (Å²) in [5.41, 5.74) is 1.10. The van der Waals surface area contributed by atoms with E-state index in [9.17, 15) is 0 Å². The molecule has 3 rings (SSSR count). The van der Waals surface area contributed by atoms with Crippen LogP contribution in [0.15, 0.2) is 18.2 Å². The molecule has 1 atom stereocenters. The van der Waals surface area contributed by atoms with Gasteiger partial charge in [0.15, 0.2) is 11.5 Å². The van der Waals surface area contributed by atoms with Gasteiger partial charge in [0.1, 0.15) is 0 Å². The normalized spacial score (nSPS) is 21.8. The Morgan fingerprint density at radius 1 is 1.37 bits per heavy atom. The lowest BCUT2D eigenvalue weighted by Crippen LogP contribution is -2.39. The van der Waals surface area contributed by atoms with Crippen molar-refractivity contribution in [3.05, 3.63) is 18.2 Å². The fraction of sp³-hybridized carbons (Fsp3) is 0.500. The van der Waals surface area contributed by atoms with Gasteiger partial charge >= 0.3 is 0 Å². The van der Waals surface area contributed by atoms with Gasteiger partial charge in [-0.15, -0.1) is 0 Å². The average molecular weight is 259 g/mol. The molecule has 2 heterocycles. The van der Waals surface area contributed by atoms with Crippen molar-refractivity contribution in [2.24, 2.45) is 0 Å². The van der Waals surface area contributed by atoms with Crippen LogP contribution in [0.5, 0.6) is 11.5 Å². The topological polar surface area (TPSA) is 57.5 Å². The maximum absolute atomic E-state index is 8.98. The zero-order valence-electron chi connectivity index (χ0n) is 10.8. The van der Waals surface area contributed by atoms with Crippen molar-refractivity contribution in [1.82, 2.24) is 5.32 Å². The second-order valence-corrected chi connectivity index (χ2v) is 4.80. The molecule has 1 fully saturated rings. The van der Waals surface area contributed by atoms with Gasteiger partial charge < -0.3 is 19.7 Å². The first kappa shape index (κ1) is 12.1. The number of nitriles is 1. The van der Waals surface area contributed by atoms with Gasteiger partial charge in [0.25, 0.3) is 0 Å². The molecular weight excluding hydrogens is 242 g/mol. The largest absolute Gasteiger partial charge is 0.454 e. The Kier molecular flexibility index (Phi) is 3.43. The molecule has 1 N–H and O–H groups in total. The van der Waals surface area contributed by atoms with Gasteiger partial charge in [0.05, 0.1) is 18.5 Å². The Balaban J connectivity index is 1.87. The first-order valence-corrected chi connectivity index (χ1v) is 6.62. The molecule has 19 heavy (non-hydrogen) atoms. The molecule has 100 valence electrons. The van der Waals surface area contributed by atoms with Crippen molar-refractivity contribution >= 4 is 5.69 Å². The molecule has 0 bridgehead atoms. The third-order valence-electron chi connectivity index (χ3n) is 3.59. The monoisotopic (exact) mass is 259 g/mol. The third-order valence-corrected chi connectivity index (χ3v) is 3.59. The van der Waals surface area contributed by atoms with Crippen LogP contribution in [0.4, 0.5) is 5.69 Å². The Morgan fingerprint density at radius 2 is 2.26 bits per heavy atom. The van der Waals surface area contributed by atoms with Crippen molar-refractivity contribution in [1.29, 1.82) is 5.26 Å². The summed E-state index contributed by atoms with van der Waals surface area (Å²) >= 11 is 0. The van der Waals surface area contributed by atoms with Crippen LogP contribution in [0.3, 0.4) is 0 Å². The van der Waals surface area contributed by atoms with Gasteiger partial charge in [-0.05, 0) is 25.1 Å². The highest BCUT2D eigenvalue weighted by molar-refractivity contribution is 5.58. The van der Waals surface area contributed by atoms with Crippen molar-refractivity contribution in [3.8, 4) is 17.6 Å². The first-order valence-electron chi connectivity index (χ1n) is 6.62. The van der Waals surface area contributed by atoms with E-state index in [1.54, 1.807) is 0 Å². The molecule has 0 spiro atoms. The fourth-order valence-electron chi connectivity index (χ4n) is 2.63. The Morgan fingerprint density at radius 3 is 3.16 bits per heavy atom. The first-order chi connectivity index (χ1) is 9.38. The lowest BCUT2D eigenvalue weighted by molar-refractivity contribution is 0.174. The number of rotatable bonds is 2. The predicted octanol–water partition coefficient (Wildman–Crippen LogP) is 1.50. The zero-order valence-corrected chi connectivity index (χ0v) is 10.8. The molecule has 1 unspecified atom stereocenters. The molecule has 2 aliphatic heterocycles. The van der Waals surface area contributed by atoms with E-state index in [4.69, 9.17) is 14.7 Å². The molecule has 1 aromatic carbocycles. The highest BCUT2D eigenvalue weighted by Gasteiger charge is 2.23. The Bertz CT molecular complexity index is 498. The van der Waals surface area contributed by atoms with E-state index in [-0.39, 0.29) is 6.04 Å². The van der Waals surface area contributed by atoms with Crippen LogP contribution in [0.1, 0.15) is 12.8 Å². The third kappa shape index (κ3) is 2.45. The quantitative estimate of drug-likeness (QED) is 0.872. The zero-order chi connectivity index (χ0) is 13.1. The highest BCUT2D eigenvalue weighted by Crippen LogP contribution is 2.36. The summed E-state index contributed by atoms with van der Waals surface area (Å²) in [7, 11) is 0. The molecule has 1 aromatic rings. The molecule has 1 saturated heterocycles. The summed E-state index contributed by atoms with van der Waals surface area (Å²) in [6, 6.07) is 8.50. The highest BCUT2D eigenvalue weighted by atomic mass is 16.7. The number of anilines is 1. The summed E-state index contributed by atoms with van der Waals surface area (Å²) in [6.45, 7) is 3.10. The molecule has 2 aliphatic rings. The van der Waals surface area contributed by atoms with Gasteiger partial charge in [-0.25, -0.2) is 0 Å². The van der Waals surface area contributed by atoms with Crippen molar-refractivity contribution < 1.29 is 9.47 Å². The summed E-state index contributed by atoms with van der Waals surface area (Å²) in [5.74, 6) is 1.60. The minimum Gasteiger partial charge on any atom is -0.454 e. The van der Waals surface area contributed by atoms with Crippen LogP contribution in [0.2, 0.25) is 0 Å². The Hall–Kier alpha value is -1.93. The summed E-state index contributed by atoms with van der Waals surface area (Å²) in [4.78, 5) is 2.30. The minimum atomic E-state index is 0.216. The standard InChI is InChI=1S/C14H17N3O2/c15-5-4-12-9-16-6-1-7-17(12)11-2-3-13-14(8-11)19-10-18-13/h2-3,8,12,16H,1,4,6-7,9-10H2. The average Bonchev–Trinajstić information content (AvgIpc) is 2.77. The van der Waals surface area contributed by atoms with Gasteiger partial charge in [-0.3, -0.25) is 0 Å². The number of hydrogen-bond donors (Lipinski definition) is 1. The number of fused-ring (bicyclic) bond motifs is 1.